The summed E-state index contributed by atoms with van der Waals surface area (Å²) in [6, 6.07) is 8.98. The third-order valence-electron chi connectivity index (χ3n) is 4.75. The molecule has 4 nitrogen and oxygen atoms in total. The molecule has 2 aromatic rings. The van der Waals surface area contributed by atoms with Gasteiger partial charge in [-0.15, -0.1) is 11.3 Å². The van der Waals surface area contributed by atoms with Crippen molar-refractivity contribution in [3.05, 3.63) is 35.2 Å². The van der Waals surface area contributed by atoms with Crippen LogP contribution in [0.4, 0.5) is 0 Å². The summed E-state index contributed by atoms with van der Waals surface area (Å²) in [6.07, 6.45) is 3.27. The van der Waals surface area contributed by atoms with Crippen LogP contribution < -0.4 is 0 Å². The number of carboxylic acid groups (broad SMARTS) is 1. The summed E-state index contributed by atoms with van der Waals surface area (Å²) in [6.45, 7) is 3.28. The highest BCUT2D eigenvalue weighted by Crippen LogP contribution is 2.27. The van der Waals surface area contributed by atoms with E-state index in [4.69, 9.17) is 5.11 Å². The van der Waals surface area contributed by atoms with Gasteiger partial charge < -0.3 is 5.11 Å². The molecule has 23 heavy (non-hydrogen) atoms. The first kappa shape index (κ1) is 16.4. The number of benzene rings is 1. The molecule has 1 unspecified atom stereocenters. The van der Waals surface area contributed by atoms with Gasteiger partial charge in [-0.1, -0.05) is 18.2 Å². The highest BCUT2D eigenvalue weighted by molar-refractivity contribution is 7.17. The number of carboxylic acids is 1. The van der Waals surface area contributed by atoms with E-state index < -0.39 is 5.97 Å². The Morgan fingerprint density at radius 3 is 3.00 bits per heavy atom. The predicted molar refractivity (Wildman–Crippen MR) is 95.0 cm³/mol. The van der Waals surface area contributed by atoms with Crippen molar-refractivity contribution in [1.29, 1.82) is 0 Å². The van der Waals surface area contributed by atoms with E-state index >= 15 is 0 Å². The molecule has 1 atom stereocenters. The van der Waals surface area contributed by atoms with Crippen molar-refractivity contribution < 1.29 is 9.90 Å². The van der Waals surface area contributed by atoms with E-state index in [2.05, 4.69) is 34.5 Å². The second-order valence-corrected chi connectivity index (χ2v) is 7.34. The second kappa shape index (κ2) is 7.43. The van der Waals surface area contributed by atoms with Crippen LogP contribution in [-0.4, -0.2) is 53.6 Å². The molecule has 0 bridgehead atoms. The smallest absolute Gasteiger partial charge is 0.317 e. The molecule has 124 valence electrons. The highest BCUT2D eigenvalue weighted by Gasteiger charge is 2.22. The number of carbonyl (C=O) groups is 1. The molecule has 1 aliphatic heterocycles. The molecule has 1 aromatic heterocycles. The van der Waals surface area contributed by atoms with Gasteiger partial charge in [-0.05, 0) is 61.8 Å². The van der Waals surface area contributed by atoms with Gasteiger partial charge in [0.2, 0.25) is 0 Å². The number of hydrogen-bond acceptors (Lipinski definition) is 4. The van der Waals surface area contributed by atoms with Gasteiger partial charge in [-0.3, -0.25) is 14.6 Å². The van der Waals surface area contributed by atoms with E-state index in [1.807, 2.05) is 23.3 Å². The number of fused-ring (bicyclic) bond motifs is 1. The van der Waals surface area contributed by atoms with Crippen molar-refractivity contribution in [2.75, 3.05) is 26.7 Å². The van der Waals surface area contributed by atoms with Crippen LogP contribution in [0, 0.1) is 0 Å². The SMILES string of the molecule is CN(CC(=O)O)C1CCCN(Cc2csc3ccccc23)CC1. The Morgan fingerprint density at radius 2 is 2.17 bits per heavy atom. The minimum Gasteiger partial charge on any atom is -0.480 e. The van der Waals surface area contributed by atoms with Gasteiger partial charge in [0, 0.05) is 17.3 Å². The van der Waals surface area contributed by atoms with Crippen LogP contribution in [-0.2, 0) is 11.3 Å². The van der Waals surface area contributed by atoms with Crippen molar-refractivity contribution >= 4 is 27.4 Å². The summed E-state index contributed by atoms with van der Waals surface area (Å²) in [5.74, 6) is -0.738. The van der Waals surface area contributed by atoms with E-state index in [9.17, 15) is 4.79 Å². The average molecular weight is 332 g/mol. The normalized spacial score (nSPS) is 20.0. The molecule has 1 aliphatic rings. The first-order valence-corrected chi connectivity index (χ1v) is 9.11. The van der Waals surface area contributed by atoms with Crippen LogP contribution in [0.25, 0.3) is 10.1 Å². The van der Waals surface area contributed by atoms with E-state index in [1.54, 1.807) is 0 Å². The fraction of sp³-hybridized carbons (Fsp3) is 0.500. The first-order chi connectivity index (χ1) is 11.1. The second-order valence-electron chi connectivity index (χ2n) is 6.43. The minimum absolute atomic E-state index is 0.139. The lowest BCUT2D eigenvalue weighted by Crippen LogP contribution is -2.36. The topological polar surface area (TPSA) is 43.8 Å². The molecular weight excluding hydrogens is 308 g/mol. The highest BCUT2D eigenvalue weighted by atomic mass is 32.1. The van der Waals surface area contributed by atoms with Crippen LogP contribution in [0.5, 0.6) is 0 Å². The molecule has 0 radical (unpaired) electrons. The van der Waals surface area contributed by atoms with Gasteiger partial charge in [0.25, 0.3) is 0 Å². The van der Waals surface area contributed by atoms with E-state index in [0.29, 0.717) is 6.04 Å². The summed E-state index contributed by atoms with van der Waals surface area (Å²) in [5, 5.41) is 12.6. The fourth-order valence-corrected chi connectivity index (χ4v) is 4.43. The lowest BCUT2D eigenvalue weighted by molar-refractivity contribution is -0.138. The number of thiophene rings is 1. The molecule has 5 heteroatoms. The van der Waals surface area contributed by atoms with Gasteiger partial charge in [0.1, 0.15) is 0 Å². The van der Waals surface area contributed by atoms with Crippen molar-refractivity contribution in [3.8, 4) is 0 Å². The minimum atomic E-state index is -0.738. The third kappa shape index (κ3) is 4.10. The summed E-state index contributed by atoms with van der Waals surface area (Å²) in [7, 11) is 1.93. The molecule has 1 saturated heterocycles. The monoisotopic (exact) mass is 332 g/mol. The van der Waals surface area contributed by atoms with Crippen molar-refractivity contribution in [2.45, 2.75) is 31.8 Å². The van der Waals surface area contributed by atoms with Crippen LogP contribution in [0.1, 0.15) is 24.8 Å². The molecular formula is C18H24N2O2S. The summed E-state index contributed by atoms with van der Waals surface area (Å²) in [4.78, 5) is 15.4. The maximum absolute atomic E-state index is 10.9. The third-order valence-corrected chi connectivity index (χ3v) is 5.77. The van der Waals surface area contributed by atoms with Crippen LogP contribution in [0.15, 0.2) is 29.6 Å². The molecule has 0 amide bonds. The van der Waals surface area contributed by atoms with Crippen molar-refractivity contribution in [3.63, 3.8) is 0 Å². The van der Waals surface area contributed by atoms with E-state index in [-0.39, 0.29) is 6.54 Å². The Hall–Kier alpha value is -1.43. The number of rotatable bonds is 5. The maximum atomic E-state index is 10.9. The molecule has 1 aromatic carbocycles. The summed E-state index contributed by atoms with van der Waals surface area (Å²) in [5.41, 5.74) is 1.42. The Bertz CT molecular complexity index is 670. The Balaban J connectivity index is 1.61. The van der Waals surface area contributed by atoms with Gasteiger partial charge in [0.05, 0.1) is 6.54 Å². The Labute approximate surface area is 141 Å². The molecule has 0 saturated carbocycles. The number of likely N-dealkylation sites (N-methyl/N-ethyl adjacent to an activating group) is 1. The van der Waals surface area contributed by atoms with Crippen LogP contribution in [0.3, 0.4) is 0 Å². The lowest BCUT2D eigenvalue weighted by Gasteiger charge is -2.25. The average Bonchev–Trinajstić information content (AvgIpc) is 2.77. The number of aliphatic carboxylic acids is 1. The largest absolute Gasteiger partial charge is 0.480 e. The van der Waals surface area contributed by atoms with Crippen LogP contribution >= 0.6 is 11.3 Å². The maximum Gasteiger partial charge on any atom is 0.317 e. The van der Waals surface area contributed by atoms with E-state index in [1.165, 1.54) is 15.6 Å². The van der Waals surface area contributed by atoms with Crippen molar-refractivity contribution in [2.24, 2.45) is 0 Å². The molecule has 1 N–H and O–H groups in total. The molecule has 2 heterocycles. The zero-order chi connectivity index (χ0) is 16.2. The zero-order valence-electron chi connectivity index (χ0n) is 13.6. The Morgan fingerprint density at radius 1 is 1.35 bits per heavy atom. The predicted octanol–water partition coefficient (Wildman–Crippen LogP) is 3.27. The fourth-order valence-electron chi connectivity index (χ4n) is 3.48. The number of nitrogens with zero attached hydrogens (tertiary/aromatic N) is 2. The van der Waals surface area contributed by atoms with Gasteiger partial charge in [-0.25, -0.2) is 0 Å². The molecule has 1 fully saturated rings. The molecule has 0 spiro atoms. The van der Waals surface area contributed by atoms with Crippen LogP contribution in [0.2, 0.25) is 0 Å². The van der Waals surface area contributed by atoms with Crippen molar-refractivity contribution in [1.82, 2.24) is 9.80 Å². The number of hydrogen-bond donors (Lipinski definition) is 1. The molecule has 3 rings (SSSR count). The lowest BCUT2D eigenvalue weighted by atomic mass is 10.1. The summed E-state index contributed by atoms with van der Waals surface area (Å²) >= 11 is 1.82. The Kier molecular flexibility index (Phi) is 5.30. The first-order valence-electron chi connectivity index (χ1n) is 8.23. The molecule has 0 aliphatic carbocycles. The van der Waals surface area contributed by atoms with Gasteiger partial charge in [0.15, 0.2) is 0 Å². The quantitative estimate of drug-likeness (QED) is 0.913. The van der Waals surface area contributed by atoms with Gasteiger partial charge >= 0.3 is 5.97 Å². The number of likely N-dealkylation sites (tertiary alicyclic amines) is 1. The van der Waals surface area contributed by atoms with Gasteiger partial charge in [-0.2, -0.15) is 0 Å². The summed E-state index contributed by atoms with van der Waals surface area (Å²) < 4.78 is 1.36. The van der Waals surface area contributed by atoms with E-state index in [0.717, 1.165) is 38.9 Å². The standard InChI is InChI=1S/C18H24N2O2S/c1-19(12-18(21)22)15-5-4-9-20(10-8-15)11-14-13-23-17-7-3-2-6-16(14)17/h2-3,6-7,13,15H,4-5,8-12H2,1H3,(H,21,22). The zero-order valence-corrected chi connectivity index (χ0v) is 14.4.